The Labute approximate surface area is 63.2 Å². The largest absolute Gasteiger partial charge is 0.270 e. The molecule has 0 amide bonds. The van der Waals surface area contributed by atoms with Crippen molar-refractivity contribution in [2.45, 2.75) is 6.04 Å². The minimum Gasteiger partial charge on any atom is -0.270 e. The lowest BCUT2D eigenvalue weighted by Gasteiger charge is -2.03. The predicted octanol–water partition coefficient (Wildman–Crippen LogP) is 0.281. The molecule has 0 aliphatic heterocycles. The third-order valence-electron chi connectivity index (χ3n) is 1.07. The van der Waals surface area contributed by atoms with Gasteiger partial charge in [0.1, 0.15) is 6.04 Å². The molecule has 4 heteroatoms. The second kappa shape index (κ2) is 3.32. The average Bonchev–Trinajstić information content (AvgIpc) is 2.43. The van der Waals surface area contributed by atoms with Gasteiger partial charge in [-0.1, -0.05) is 5.92 Å². The van der Waals surface area contributed by atoms with Crippen LogP contribution in [0.25, 0.3) is 0 Å². The van der Waals surface area contributed by atoms with Gasteiger partial charge in [-0.25, -0.2) is 5.43 Å². The van der Waals surface area contributed by atoms with Crippen molar-refractivity contribution in [2.75, 3.05) is 0 Å². The van der Waals surface area contributed by atoms with E-state index >= 15 is 0 Å². The van der Waals surface area contributed by atoms with Crippen molar-refractivity contribution in [2.24, 2.45) is 5.84 Å². The summed E-state index contributed by atoms with van der Waals surface area (Å²) in [5.74, 6) is 7.65. The summed E-state index contributed by atoms with van der Waals surface area (Å²) in [6, 6.07) is -0.201. The zero-order chi connectivity index (χ0) is 7.40. The number of thiazole rings is 1. The molecule has 1 heterocycles. The molecule has 0 aliphatic carbocycles. The topological polar surface area (TPSA) is 50.9 Å². The SMILES string of the molecule is C#CC(NN)c1cncs1. The molecule has 3 nitrogen and oxygen atoms in total. The summed E-state index contributed by atoms with van der Waals surface area (Å²) in [7, 11) is 0. The Balaban J connectivity index is 2.76. The lowest BCUT2D eigenvalue weighted by molar-refractivity contribution is 0.682. The molecule has 0 bridgehead atoms. The highest BCUT2D eigenvalue weighted by atomic mass is 32.1. The summed E-state index contributed by atoms with van der Waals surface area (Å²) >= 11 is 1.48. The highest BCUT2D eigenvalue weighted by Crippen LogP contribution is 2.14. The average molecular weight is 153 g/mol. The van der Waals surface area contributed by atoms with Crippen LogP contribution >= 0.6 is 11.3 Å². The van der Waals surface area contributed by atoms with Crippen LogP contribution in [0.1, 0.15) is 10.9 Å². The second-order valence-electron chi connectivity index (χ2n) is 1.67. The van der Waals surface area contributed by atoms with Crippen molar-refractivity contribution in [3.05, 3.63) is 16.6 Å². The number of nitrogens with one attached hydrogen (secondary N) is 1. The molecule has 1 aromatic rings. The zero-order valence-electron chi connectivity index (χ0n) is 5.24. The first-order chi connectivity index (χ1) is 4.88. The molecule has 1 aromatic heterocycles. The zero-order valence-corrected chi connectivity index (χ0v) is 6.06. The van der Waals surface area contributed by atoms with Gasteiger partial charge in [-0.3, -0.25) is 10.8 Å². The summed E-state index contributed by atoms with van der Waals surface area (Å²) < 4.78 is 0. The normalized spacial score (nSPS) is 12.4. The number of terminal acetylenes is 1. The Kier molecular flexibility index (Phi) is 2.40. The Morgan fingerprint density at radius 1 is 1.90 bits per heavy atom. The van der Waals surface area contributed by atoms with Crippen LogP contribution < -0.4 is 11.3 Å². The molecule has 0 spiro atoms. The maximum Gasteiger partial charge on any atom is 0.117 e. The van der Waals surface area contributed by atoms with Crippen LogP contribution in [0.5, 0.6) is 0 Å². The number of hydrogen-bond acceptors (Lipinski definition) is 4. The van der Waals surface area contributed by atoms with Crippen LogP contribution in [0.3, 0.4) is 0 Å². The number of nitrogens with zero attached hydrogens (tertiary/aromatic N) is 1. The predicted molar refractivity (Wildman–Crippen MR) is 41.0 cm³/mol. The third-order valence-corrected chi connectivity index (χ3v) is 1.91. The van der Waals surface area contributed by atoms with Crippen LogP contribution in [0.2, 0.25) is 0 Å². The quantitative estimate of drug-likeness (QED) is 0.364. The molecule has 0 radical (unpaired) electrons. The van der Waals surface area contributed by atoms with Gasteiger partial charge in [-0.05, 0) is 0 Å². The fourth-order valence-corrected chi connectivity index (χ4v) is 1.22. The van der Waals surface area contributed by atoms with Crippen molar-refractivity contribution in [3.63, 3.8) is 0 Å². The van der Waals surface area contributed by atoms with Gasteiger partial charge in [0.15, 0.2) is 0 Å². The van der Waals surface area contributed by atoms with Crippen LogP contribution in [-0.2, 0) is 0 Å². The molecule has 0 aliphatic rings. The van der Waals surface area contributed by atoms with Crippen molar-refractivity contribution in [1.82, 2.24) is 10.4 Å². The first-order valence-corrected chi connectivity index (χ1v) is 3.57. The lowest BCUT2D eigenvalue weighted by atomic mass is 10.3. The second-order valence-corrected chi connectivity index (χ2v) is 2.59. The maximum absolute atomic E-state index is 5.16. The van der Waals surface area contributed by atoms with Crippen molar-refractivity contribution >= 4 is 11.3 Å². The molecule has 0 fully saturated rings. The molecule has 3 N–H and O–H groups in total. The van der Waals surface area contributed by atoms with Crippen molar-refractivity contribution in [1.29, 1.82) is 0 Å². The molecular weight excluding hydrogens is 146 g/mol. The van der Waals surface area contributed by atoms with E-state index in [1.54, 1.807) is 11.7 Å². The van der Waals surface area contributed by atoms with Crippen LogP contribution in [0, 0.1) is 12.3 Å². The molecule has 0 aromatic carbocycles. The first-order valence-electron chi connectivity index (χ1n) is 2.69. The smallest absolute Gasteiger partial charge is 0.117 e. The van der Waals surface area contributed by atoms with Crippen molar-refractivity contribution < 1.29 is 0 Å². The minimum atomic E-state index is -0.201. The molecule has 0 saturated carbocycles. The van der Waals surface area contributed by atoms with Gasteiger partial charge in [-0.2, -0.15) is 0 Å². The number of hydrogen-bond donors (Lipinski definition) is 2. The van der Waals surface area contributed by atoms with Gasteiger partial charge < -0.3 is 0 Å². The Morgan fingerprint density at radius 2 is 2.70 bits per heavy atom. The first kappa shape index (κ1) is 7.22. The molecule has 1 atom stereocenters. The minimum absolute atomic E-state index is 0.201. The van der Waals surface area contributed by atoms with E-state index in [1.807, 2.05) is 0 Å². The van der Waals surface area contributed by atoms with Crippen molar-refractivity contribution in [3.8, 4) is 12.3 Å². The van der Waals surface area contributed by atoms with E-state index < -0.39 is 0 Å². The summed E-state index contributed by atoms with van der Waals surface area (Å²) in [5, 5.41) is 0. The van der Waals surface area contributed by atoms with E-state index in [4.69, 9.17) is 12.3 Å². The summed E-state index contributed by atoms with van der Waals surface area (Å²) in [6.07, 6.45) is 6.86. The monoisotopic (exact) mass is 153 g/mol. The lowest BCUT2D eigenvalue weighted by Crippen LogP contribution is -2.26. The van der Waals surface area contributed by atoms with Gasteiger partial charge in [-0.15, -0.1) is 17.8 Å². The van der Waals surface area contributed by atoms with E-state index in [-0.39, 0.29) is 6.04 Å². The molecule has 52 valence electrons. The molecule has 1 unspecified atom stereocenters. The third kappa shape index (κ3) is 1.33. The maximum atomic E-state index is 5.16. The van der Waals surface area contributed by atoms with Gasteiger partial charge >= 0.3 is 0 Å². The fraction of sp³-hybridized carbons (Fsp3) is 0.167. The van der Waals surface area contributed by atoms with Crippen LogP contribution in [-0.4, -0.2) is 4.98 Å². The summed E-state index contributed by atoms with van der Waals surface area (Å²) in [5.41, 5.74) is 4.21. The Hall–Kier alpha value is -0.890. The molecule has 10 heavy (non-hydrogen) atoms. The number of hydrazine groups is 1. The van der Waals surface area contributed by atoms with E-state index in [0.717, 1.165) is 4.88 Å². The molecule has 0 saturated heterocycles. The summed E-state index contributed by atoms with van der Waals surface area (Å²) in [4.78, 5) is 4.83. The highest BCUT2D eigenvalue weighted by molar-refractivity contribution is 7.09. The van der Waals surface area contributed by atoms with E-state index in [0.29, 0.717) is 0 Å². The number of rotatable bonds is 2. The van der Waals surface area contributed by atoms with Gasteiger partial charge in [0.25, 0.3) is 0 Å². The Bertz CT molecular complexity index is 224. The highest BCUT2D eigenvalue weighted by Gasteiger charge is 2.05. The van der Waals surface area contributed by atoms with E-state index in [1.165, 1.54) is 11.3 Å². The van der Waals surface area contributed by atoms with E-state index in [9.17, 15) is 0 Å². The number of nitrogens with two attached hydrogens (primary N) is 1. The fourth-order valence-electron chi connectivity index (χ4n) is 0.581. The van der Waals surface area contributed by atoms with Gasteiger partial charge in [0, 0.05) is 6.20 Å². The standard InChI is InChI=1S/C6H7N3S/c1-2-5(9-7)6-3-8-4-10-6/h1,3-5,9H,7H2. The van der Waals surface area contributed by atoms with E-state index in [2.05, 4.69) is 16.3 Å². The Morgan fingerprint density at radius 3 is 3.10 bits per heavy atom. The molecular formula is C6H7N3S. The van der Waals surface area contributed by atoms with Gasteiger partial charge in [0.2, 0.25) is 0 Å². The van der Waals surface area contributed by atoms with Crippen LogP contribution in [0.4, 0.5) is 0 Å². The number of aromatic nitrogens is 1. The van der Waals surface area contributed by atoms with Gasteiger partial charge in [0.05, 0.1) is 10.4 Å². The molecule has 1 rings (SSSR count). The summed E-state index contributed by atoms with van der Waals surface area (Å²) in [6.45, 7) is 0. The van der Waals surface area contributed by atoms with Crippen LogP contribution in [0.15, 0.2) is 11.7 Å².